The van der Waals surface area contributed by atoms with E-state index in [0.29, 0.717) is 34.6 Å². The Balaban J connectivity index is 1.50. The maximum absolute atomic E-state index is 12.6. The van der Waals surface area contributed by atoms with Crippen LogP contribution in [0.4, 0.5) is 5.69 Å². The lowest BCUT2D eigenvalue weighted by atomic mass is 10.1. The molecule has 8 nitrogen and oxygen atoms in total. The predicted molar refractivity (Wildman–Crippen MR) is 106 cm³/mol. The van der Waals surface area contributed by atoms with Gasteiger partial charge in [0.1, 0.15) is 5.58 Å². The molecule has 1 aromatic carbocycles. The van der Waals surface area contributed by atoms with Crippen molar-refractivity contribution >= 4 is 28.5 Å². The van der Waals surface area contributed by atoms with Gasteiger partial charge < -0.3 is 24.5 Å². The van der Waals surface area contributed by atoms with Gasteiger partial charge in [-0.3, -0.25) is 9.59 Å². The number of ether oxygens (including phenoxy) is 2. The van der Waals surface area contributed by atoms with Crippen LogP contribution in [0.3, 0.4) is 0 Å². The van der Waals surface area contributed by atoms with Crippen LogP contribution in [0.5, 0.6) is 5.88 Å². The molecule has 1 fully saturated rings. The summed E-state index contributed by atoms with van der Waals surface area (Å²) in [4.78, 5) is 29.2. The average Bonchev–Trinajstić information content (AvgIpc) is 3.42. The molecule has 0 aliphatic carbocycles. The monoisotopic (exact) mass is 395 g/mol. The first-order valence-corrected chi connectivity index (χ1v) is 9.38. The highest BCUT2D eigenvalue weighted by molar-refractivity contribution is 6.09. The third-order valence-corrected chi connectivity index (χ3v) is 4.73. The van der Waals surface area contributed by atoms with Gasteiger partial charge in [-0.05, 0) is 31.0 Å². The van der Waals surface area contributed by atoms with E-state index in [2.05, 4.69) is 15.6 Å². The third-order valence-electron chi connectivity index (χ3n) is 4.73. The fraction of sp³-hybridized carbons (Fsp3) is 0.286. The van der Waals surface area contributed by atoms with Crippen molar-refractivity contribution in [3.63, 3.8) is 0 Å². The number of furan rings is 1. The van der Waals surface area contributed by atoms with Crippen molar-refractivity contribution in [2.45, 2.75) is 18.9 Å². The van der Waals surface area contributed by atoms with Crippen LogP contribution < -0.4 is 15.4 Å². The van der Waals surface area contributed by atoms with E-state index in [0.717, 1.165) is 19.4 Å². The van der Waals surface area contributed by atoms with Crippen LogP contribution in [0.1, 0.15) is 33.8 Å². The highest BCUT2D eigenvalue weighted by atomic mass is 16.5. The van der Waals surface area contributed by atoms with E-state index in [1.165, 1.54) is 13.3 Å². The molecule has 3 aromatic rings. The Bertz CT molecular complexity index is 1020. The van der Waals surface area contributed by atoms with E-state index in [4.69, 9.17) is 13.9 Å². The minimum absolute atomic E-state index is 0.0502. The zero-order valence-electron chi connectivity index (χ0n) is 15.9. The highest BCUT2D eigenvalue weighted by Crippen LogP contribution is 2.24. The first-order chi connectivity index (χ1) is 14.1. The summed E-state index contributed by atoms with van der Waals surface area (Å²) in [6, 6.07) is 10.2. The average molecular weight is 395 g/mol. The van der Waals surface area contributed by atoms with Crippen molar-refractivity contribution in [2.75, 3.05) is 25.6 Å². The lowest BCUT2D eigenvalue weighted by molar-refractivity contribution is 0.0857. The van der Waals surface area contributed by atoms with Crippen LogP contribution in [0.15, 0.2) is 47.0 Å². The number of nitrogens with zero attached hydrogens (tertiary/aromatic N) is 1. The number of hydrogen-bond donors (Lipinski definition) is 2. The number of nitrogens with one attached hydrogen (secondary N) is 2. The molecular formula is C21H21N3O5. The molecule has 1 aliphatic heterocycles. The van der Waals surface area contributed by atoms with Crippen LogP contribution in [0.25, 0.3) is 11.0 Å². The number of benzene rings is 1. The molecule has 1 saturated heterocycles. The van der Waals surface area contributed by atoms with Crippen molar-refractivity contribution in [2.24, 2.45) is 0 Å². The first-order valence-electron chi connectivity index (χ1n) is 9.38. The molecule has 0 bridgehead atoms. The van der Waals surface area contributed by atoms with Crippen LogP contribution in [0, 0.1) is 0 Å². The number of carbonyl (C=O) groups excluding carboxylic acids is 2. The molecule has 2 N–H and O–H groups in total. The van der Waals surface area contributed by atoms with Gasteiger partial charge in [0.05, 0.1) is 30.7 Å². The predicted octanol–water partition coefficient (Wildman–Crippen LogP) is 3.00. The maximum Gasteiger partial charge on any atom is 0.291 e. The third kappa shape index (κ3) is 4.22. The Morgan fingerprint density at radius 3 is 2.86 bits per heavy atom. The largest absolute Gasteiger partial charge is 0.481 e. The SMILES string of the molecule is COc1ccc(NC(=O)c2cc3cccc(C(=O)NCC4CCCO4)c3o2)cn1. The molecule has 0 radical (unpaired) electrons. The van der Waals surface area contributed by atoms with Crippen molar-refractivity contribution in [3.8, 4) is 5.88 Å². The molecule has 1 unspecified atom stereocenters. The van der Waals surface area contributed by atoms with E-state index in [-0.39, 0.29) is 17.8 Å². The van der Waals surface area contributed by atoms with Gasteiger partial charge in [-0.1, -0.05) is 12.1 Å². The Morgan fingerprint density at radius 2 is 2.14 bits per heavy atom. The molecule has 0 spiro atoms. The number of fused-ring (bicyclic) bond motifs is 1. The molecule has 1 atom stereocenters. The summed E-state index contributed by atoms with van der Waals surface area (Å²) in [7, 11) is 1.52. The molecule has 3 heterocycles. The van der Waals surface area contributed by atoms with Gasteiger partial charge in [-0.2, -0.15) is 0 Å². The van der Waals surface area contributed by atoms with Crippen molar-refractivity contribution in [3.05, 3.63) is 53.9 Å². The van der Waals surface area contributed by atoms with Crippen LogP contribution in [-0.2, 0) is 4.74 Å². The summed E-state index contributed by atoms with van der Waals surface area (Å²) in [5.74, 6) is -0.133. The number of amides is 2. The normalized spacial score (nSPS) is 16.0. The summed E-state index contributed by atoms with van der Waals surface area (Å²) < 4.78 is 16.2. The minimum atomic E-state index is -0.432. The number of carbonyl (C=O) groups is 2. The number of para-hydroxylation sites is 1. The highest BCUT2D eigenvalue weighted by Gasteiger charge is 2.20. The van der Waals surface area contributed by atoms with Gasteiger partial charge in [0, 0.05) is 24.6 Å². The van der Waals surface area contributed by atoms with Gasteiger partial charge in [0.25, 0.3) is 11.8 Å². The molecule has 150 valence electrons. The summed E-state index contributed by atoms with van der Waals surface area (Å²) in [5, 5.41) is 6.27. The fourth-order valence-electron chi connectivity index (χ4n) is 3.23. The standard InChI is InChI=1S/C21H21N3O5/c1-27-18-8-7-14(11-22-18)24-21(26)17-10-13-4-2-6-16(19(13)29-17)20(25)23-12-15-5-3-9-28-15/h2,4,6-8,10-11,15H,3,5,9,12H2,1H3,(H,23,25)(H,24,26). The quantitative estimate of drug-likeness (QED) is 0.665. The number of methoxy groups -OCH3 is 1. The molecule has 2 aromatic heterocycles. The molecule has 29 heavy (non-hydrogen) atoms. The van der Waals surface area contributed by atoms with Crippen molar-refractivity contribution < 1.29 is 23.5 Å². The molecule has 8 heteroatoms. The zero-order chi connectivity index (χ0) is 20.2. The molecule has 4 rings (SSSR count). The van der Waals surface area contributed by atoms with Crippen LogP contribution >= 0.6 is 0 Å². The molecule has 0 saturated carbocycles. The van der Waals surface area contributed by atoms with Gasteiger partial charge in [0.2, 0.25) is 5.88 Å². The number of anilines is 1. The number of rotatable bonds is 6. The summed E-state index contributed by atoms with van der Waals surface area (Å²) in [6.45, 7) is 1.18. The summed E-state index contributed by atoms with van der Waals surface area (Å²) in [5.41, 5.74) is 1.26. The Morgan fingerprint density at radius 1 is 1.24 bits per heavy atom. The molecular weight excluding hydrogens is 374 g/mol. The van der Waals surface area contributed by atoms with Crippen molar-refractivity contribution in [1.29, 1.82) is 0 Å². The van der Waals surface area contributed by atoms with E-state index < -0.39 is 5.91 Å². The lowest BCUT2D eigenvalue weighted by Gasteiger charge is -2.10. The summed E-state index contributed by atoms with van der Waals surface area (Å²) >= 11 is 0. The Labute approximate surface area is 167 Å². The van der Waals surface area contributed by atoms with Crippen molar-refractivity contribution in [1.82, 2.24) is 10.3 Å². The fourth-order valence-corrected chi connectivity index (χ4v) is 3.23. The maximum atomic E-state index is 12.6. The summed E-state index contributed by atoms with van der Waals surface area (Å²) in [6.07, 6.45) is 3.49. The van der Waals surface area contributed by atoms with Gasteiger partial charge in [0.15, 0.2) is 5.76 Å². The van der Waals surface area contributed by atoms with E-state index in [1.54, 1.807) is 36.4 Å². The second-order valence-corrected chi connectivity index (χ2v) is 6.72. The Kier molecular flexibility index (Phi) is 5.44. The van der Waals surface area contributed by atoms with E-state index in [9.17, 15) is 9.59 Å². The topological polar surface area (TPSA) is 103 Å². The second-order valence-electron chi connectivity index (χ2n) is 6.72. The van der Waals surface area contributed by atoms with Crippen LogP contribution in [-0.4, -0.2) is 43.2 Å². The smallest absolute Gasteiger partial charge is 0.291 e. The van der Waals surface area contributed by atoms with Gasteiger partial charge in [-0.15, -0.1) is 0 Å². The molecule has 1 aliphatic rings. The lowest BCUT2D eigenvalue weighted by Crippen LogP contribution is -2.31. The second kappa shape index (κ2) is 8.32. The first kappa shape index (κ1) is 18.9. The molecule has 2 amide bonds. The number of hydrogen-bond acceptors (Lipinski definition) is 6. The van der Waals surface area contributed by atoms with Gasteiger partial charge >= 0.3 is 0 Å². The number of aromatic nitrogens is 1. The zero-order valence-corrected chi connectivity index (χ0v) is 15.9. The Hall–Kier alpha value is -3.39. The minimum Gasteiger partial charge on any atom is -0.481 e. The van der Waals surface area contributed by atoms with Gasteiger partial charge in [-0.25, -0.2) is 4.98 Å². The van der Waals surface area contributed by atoms with E-state index in [1.807, 2.05) is 0 Å². The van der Waals surface area contributed by atoms with Crippen LogP contribution in [0.2, 0.25) is 0 Å². The number of pyridine rings is 1. The van der Waals surface area contributed by atoms with E-state index >= 15 is 0 Å².